The molecule has 1 saturated heterocycles. The monoisotopic (exact) mass is 337 g/mol. The molecule has 2 aromatic carbocycles. The molecular weight excluding hydrogens is 314 g/mol. The van der Waals surface area contributed by atoms with Crippen molar-refractivity contribution in [2.75, 3.05) is 31.6 Å². The predicted molar refractivity (Wildman–Crippen MR) is 98.1 cm³/mol. The van der Waals surface area contributed by atoms with Crippen LogP contribution in [-0.2, 0) is 19.4 Å². The van der Waals surface area contributed by atoms with Crippen molar-refractivity contribution in [3.8, 4) is 5.75 Å². The molecule has 2 aromatic rings. The quantitative estimate of drug-likeness (QED) is 0.852. The van der Waals surface area contributed by atoms with E-state index < -0.39 is 0 Å². The van der Waals surface area contributed by atoms with Gasteiger partial charge in [-0.2, -0.15) is 0 Å². The van der Waals surface area contributed by atoms with Crippen LogP contribution in [0.1, 0.15) is 16.7 Å². The summed E-state index contributed by atoms with van der Waals surface area (Å²) in [4.78, 5) is 13.6. The van der Waals surface area contributed by atoms with Gasteiger partial charge in [-0.1, -0.05) is 30.3 Å². The Kier molecular flexibility index (Phi) is 4.46. The zero-order valence-corrected chi connectivity index (χ0v) is 14.3. The Morgan fingerprint density at radius 3 is 3.00 bits per heavy atom. The molecule has 0 aromatic heterocycles. The fourth-order valence-electron chi connectivity index (χ4n) is 3.44. The standard InChI is InChI=1S/C20H23N3O2/c24-20-22-10-11-23(20)14-17-3-1-2-4-18(17)21-9-7-15-5-6-19-16(13-15)8-12-25-19/h1-6,13,21H,7-12,14H2,(H,22,24). The third-order valence-electron chi connectivity index (χ3n) is 4.81. The van der Waals surface area contributed by atoms with E-state index in [1.807, 2.05) is 17.0 Å². The van der Waals surface area contributed by atoms with Gasteiger partial charge in [0.05, 0.1) is 6.61 Å². The van der Waals surface area contributed by atoms with Gasteiger partial charge in [-0.05, 0) is 35.2 Å². The smallest absolute Gasteiger partial charge is 0.317 e. The predicted octanol–water partition coefficient (Wildman–Crippen LogP) is 2.80. The molecule has 2 amide bonds. The molecule has 0 aliphatic carbocycles. The van der Waals surface area contributed by atoms with Gasteiger partial charge in [-0.25, -0.2) is 4.79 Å². The van der Waals surface area contributed by atoms with Crippen molar-refractivity contribution >= 4 is 11.7 Å². The van der Waals surface area contributed by atoms with Crippen LogP contribution in [0, 0.1) is 0 Å². The number of carbonyl (C=O) groups excluding carboxylic acids is 1. The van der Waals surface area contributed by atoms with Crippen LogP contribution < -0.4 is 15.4 Å². The maximum Gasteiger partial charge on any atom is 0.317 e. The second-order valence-corrected chi connectivity index (χ2v) is 6.53. The van der Waals surface area contributed by atoms with Crippen LogP contribution in [0.3, 0.4) is 0 Å². The highest BCUT2D eigenvalue weighted by atomic mass is 16.5. The molecule has 1 fully saturated rings. The van der Waals surface area contributed by atoms with Gasteiger partial charge in [0, 0.05) is 38.3 Å². The summed E-state index contributed by atoms with van der Waals surface area (Å²) >= 11 is 0. The first-order valence-electron chi connectivity index (χ1n) is 8.89. The molecule has 25 heavy (non-hydrogen) atoms. The first-order chi connectivity index (χ1) is 12.3. The molecule has 0 atom stereocenters. The molecule has 5 nitrogen and oxygen atoms in total. The van der Waals surface area contributed by atoms with Crippen molar-refractivity contribution in [2.24, 2.45) is 0 Å². The van der Waals surface area contributed by atoms with Crippen molar-refractivity contribution in [1.29, 1.82) is 0 Å². The third-order valence-corrected chi connectivity index (χ3v) is 4.81. The Morgan fingerprint density at radius 2 is 2.12 bits per heavy atom. The molecule has 2 aliphatic rings. The normalized spacial score (nSPS) is 15.7. The molecule has 0 unspecified atom stereocenters. The average Bonchev–Trinajstić information content (AvgIpc) is 3.25. The summed E-state index contributed by atoms with van der Waals surface area (Å²) in [6.45, 7) is 3.81. The van der Waals surface area contributed by atoms with Gasteiger partial charge < -0.3 is 20.3 Å². The first-order valence-corrected chi connectivity index (χ1v) is 8.89. The van der Waals surface area contributed by atoms with Crippen molar-refractivity contribution in [3.63, 3.8) is 0 Å². The summed E-state index contributed by atoms with van der Waals surface area (Å²) in [6.07, 6.45) is 1.98. The van der Waals surface area contributed by atoms with Crippen molar-refractivity contribution in [2.45, 2.75) is 19.4 Å². The molecule has 0 saturated carbocycles. The van der Waals surface area contributed by atoms with E-state index >= 15 is 0 Å². The van der Waals surface area contributed by atoms with E-state index in [9.17, 15) is 4.79 Å². The largest absolute Gasteiger partial charge is 0.493 e. The molecule has 2 heterocycles. The number of benzene rings is 2. The summed E-state index contributed by atoms with van der Waals surface area (Å²) in [5.41, 5.74) is 4.90. The van der Waals surface area contributed by atoms with Gasteiger partial charge >= 0.3 is 6.03 Å². The van der Waals surface area contributed by atoms with Crippen LogP contribution >= 0.6 is 0 Å². The highest BCUT2D eigenvalue weighted by Gasteiger charge is 2.20. The Morgan fingerprint density at radius 1 is 1.20 bits per heavy atom. The lowest BCUT2D eigenvalue weighted by atomic mass is 10.1. The number of urea groups is 1. The maximum absolute atomic E-state index is 11.8. The van der Waals surface area contributed by atoms with Gasteiger partial charge in [0.25, 0.3) is 0 Å². The lowest BCUT2D eigenvalue weighted by Crippen LogP contribution is -2.27. The van der Waals surface area contributed by atoms with Gasteiger partial charge in [-0.3, -0.25) is 0 Å². The number of hydrogen-bond donors (Lipinski definition) is 2. The number of nitrogens with zero attached hydrogens (tertiary/aromatic N) is 1. The van der Waals surface area contributed by atoms with Crippen LogP contribution in [0.5, 0.6) is 5.75 Å². The lowest BCUT2D eigenvalue weighted by Gasteiger charge is -2.18. The van der Waals surface area contributed by atoms with Crippen LogP contribution in [0.2, 0.25) is 0 Å². The Labute approximate surface area is 148 Å². The summed E-state index contributed by atoms with van der Waals surface area (Å²) in [5.74, 6) is 1.03. The zero-order valence-electron chi connectivity index (χ0n) is 14.3. The topological polar surface area (TPSA) is 53.6 Å². The fraction of sp³-hybridized carbons (Fsp3) is 0.350. The summed E-state index contributed by atoms with van der Waals surface area (Å²) < 4.78 is 5.56. The summed E-state index contributed by atoms with van der Waals surface area (Å²) in [5, 5.41) is 6.38. The van der Waals surface area contributed by atoms with Crippen molar-refractivity contribution in [1.82, 2.24) is 10.2 Å². The zero-order chi connectivity index (χ0) is 17.1. The van der Waals surface area contributed by atoms with Crippen LogP contribution in [-0.4, -0.2) is 37.2 Å². The highest BCUT2D eigenvalue weighted by Crippen LogP contribution is 2.26. The Balaban J connectivity index is 1.37. The number of anilines is 1. The number of ether oxygens (including phenoxy) is 1. The van der Waals surface area contributed by atoms with E-state index in [-0.39, 0.29) is 6.03 Å². The first kappa shape index (κ1) is 15.8. The average molecular weight is 337 g/mol. The van der Waals surface area contributed by atoms with Gasteiger partial charge in [-0.15, -0.1) is 0 Å². The number of hydrogen-bond acceptors (Lipinski definition) is 3. The Bertz CT molecular complexity index is 775. The van der Waals surface area contributed by atoms with Crippen LogP contribution in [0.4, 0.5) is 10.5 Å². The molecular formula is C20H23N3O2. The summed E-state index contributed by atoms with van der Waals surface area (Å²) in [6, 6.07) is 14.7. The van der Waals surface area contributed by atoms with E-state index in [0.717, 1.165) is 56.1 Å². The Hall–Kier alpha value is -2.69. The number of para-hydroxylation sites is 1. The minimum atomic E-state index is 0.0233. The van der Waals surface area contributed by atoms with Crippen LogP contribution in [0.15, 0.2) is 42.5 Å². The molecule has 2 aliphatic heterocycles. The minimum absolute atomic E-state index is 0.0233. The summed E-state index contributed by atoms with van der Waals surface area (Å²) in [7, 11) is 0. The molecule has 130 valence electrons. The van der Waals surface area contributed by atoms with E-state index in [2.05, 4.69) is 41.0 Å². The molecule has 0 spiro atoms. The number of nitrogens with one attached hydrogen (secondary N) is 2. The molecule has 0 bridgehead atoms. The van der Waals surface area contributed by atoms with Gasteiger partial charge in [0.1, 0.15) is 5.75 Å². The van der Waals surface area contributed by atoms with E-state index in [0.29, 0.717) is 6.54 Å². The lowest BCUT2D eigenvalue weighted by molar-refractivity contribution is 0.215. The second kappa shape index (κ2) is 7.05. The second-order valence-electron chi connectivity index (χ2n) is 6.53. The van der Waals surface area contributed by atoms with Crippen molar-refractivity contribution < 1.29 is 9.53 Å². The van der Waals surface area contributed by atoms with Gasteiger partial charge in [0.2, 0.25) is 0 Å². The van der Waals surface area contributed by atoms with E-state index in [1.165, 1.54) is 11.1 Å². The van der Waals surface area contributed by atoms with Gasteiger partial charge in [0.15, 0.2) is 0 Å². The number of amides is 2. The van der Waals surface area contributed by atoms with Crippen molar-refractivity contribution in [3.05, 3.63) is 59.2 Å². The number of rotatable bonds is 6. The van der Waals surface area contributed by atoms with E-state index in [4.69, 9.17) is 4.74 Å². The van der Waals surface area contributed by atoms with Crippen LogP contribution in [0.25, 0.3) is 0 Å². The maximum atomic E-state index is 11.8. The highest BCUT2D eigenvalue weighted by molar-refractivity contribution is 5.76. The molecule has 2 N–H and O–H groups in total. The molecule has 4 rings (SSSR count). The molecule has 5 heteroatoms. The number of fused-ring (bicyclic) bond motifs is 1. The third kappa shape index (κ3) is 3.55. The number of carbonyl (C=O) groups is 1. The SMILES string of the molecule is O=C1NCCN1Cc1ccccc1NCCc1ccc2c(c1)CCO2. The molecule has 0 radical (unpaired) electrons. The minimum Gasteiger partial charge on any atom is -0.493 e. The van der Waals surface area contributed by atoms with E-state index in [1.54, 1.807) is 0 Å². The fourth-order valence-corrected chi connectivity index (χ4v) is 3.44.